The molecule has 0 spiro atoms. The summed E-state index contributed by atoms with van der Waals surface area (Å²) in [6.07, 6.45) is -2.16. The Morgan fingerprint density at radius 1 is 0.765 bits per heavy atom. The first-order valence-corrected chi connectivity index (χ1v) is 10.1. The second-order valence-electron chi connectivity index (χ2n) is 7.35. The molecule has 8 heteroatoms. The molecule has 0 N–H and O–H groups in total. The number of hydrogen-bond acceptors (Lipinski definition) is 1. The largest absolute Gasteiger partial charge is 0.494 e. The lowest BCUT2D eigenvalue weighted by atomic mass is 9.96. The van der Waals surface area contributed by atoms with Crippen LogP contribution in [0, 0.1) is 29.1 Å². The van der Waals surface area contributed by atoms with Gasteiger partial charge in [0.1, 0.15) is 34.8 Å². The van der Waals surface area contributed by atoms with Crippen LogP contribution in [0.1, 0.15) is 12.5 Å². The van der Waals surface area contributed by atoms with Crippen LogP contribution in [0.2, 0.25) is 0 Å². The Morgan fingerprint density at radius 3 is 2.06 bits per heavy atom. The minimum atomic E-state index is -2.25. The lowest BCUT2D eigenvalue weighted by Gasteiger charge is -2.12. The third kappa shape index (κ3) is 4.35. The average Bonchev–Trinajstić information content (AvgIpc) is 2.76. The van der Waals surface area contributed by atoms with E-state index < -0.39 is 46.3 Å². The molecule has 0 aromatic heterocycles. The van der Waals surface area contributed by atoms with E-state index >= 15 is 0 Å². The zero-order chi connectivity index (χ0) is 24.6. The SMILES string of the molecule is CCOc1cc(F)c(-c2ccc(-c3ccc4c(F)c(C=C(F)F)c(F)cc4c3)c(F)c2)c(F)c1. The Morgan fingerprint density at radius 2 is 1.44 bits per heavy atom. The van der Waals surface area contributed by atoms with Gasteiger partial charge in [0.15, 0.2) is 0 Å². The molecule has 0 heterocycles. The Balaban J connectivity index is 1.77. The molecule has 0 saturated heterocycles. The number of benzene rings is 4. The van der Waals surface area contributed by atoms with E-state index in [0.29, 0.717) is 0 Å². The fourth-order valence-electron chi connectivity index (χ4n) is 3.74. The van der Waals surface area contributed by atoms with Crippen LogP contribution in [0.5, 0.6) is 5.75 Å². The smallest absolute Gasteiger partial charge is 0.271 e. The average molecular weight is 476 g/mol. The van der Waals surface area contributed by atoms with Gasteiger partial charge < -0.3 is 4.74 Å². The predicted octanol–water partition coefficient (Wildman–Crippen LogP) is 8.51. The minimum Gasteiger partial charge on any atom is -0.494 e. The number of fused-ring (bicyclic) bond motifs is 1. The maximum atomic E-state index is 14.9. The molecule has 4 rings (SSSR count). The van der Waals surface area contributed by atoms with Crippen molar-refractivity contribution in [2.24, 2.45) is 0 Å². The molecule has 0 amide bonds. The second-order valence-corrected chi connectivity index (χ2v) is 7.35. The van der Waals surface area contributed by atoms with Crippen molar-refractivity contribution in [1.82, 2.24) is 0 Å². The van der Waals surface area contributed by atoms with E-state index in [1.165, 1.54) is 30.3 Å². The maximum absolute atomic E-state index is 14.9. The molecular weight excluding hydrogens is 461 g/mol. The standard InChI is InChI=1S/C26H15F7O/c1-2-34-16-10-22(29)25(23(30)11-16)14-4-5-17(20(27)8-14)13-3-6-18-15(7-13)9-21(28)19(26(18)33)12-24(31)32/h3-12H,2H2,1H3. The van der Waals surface area contributed by atoms with Crippen LogP contribution >= 0.6 is 0 Å². The highest BCUT2D eigenvalue weighted by atomic mass is 19.3. The monoisotopic (exact) mass is 476 g/mol. The summed E-state index contributed by atoms with van der Waals surface area (Å²) in [4.78, 5) is 0. The van der Waals surface area contributed by atoms with Gasteiger partial charge in [-0.15, -0.1) is 0 Å². The minimum absolute atomic E-state index is 0.00173. The van der Waals surface area contributed by atoms with Crippen LogP contribution < -0.4 is 4.74 Å². The van der Waals surface area contributed by atoms with Crippen molar-refractivity contribution in [2.75, 3.05) is 6.61 Å². The molecular formula is C26H15F7O. The molecule has 0 saturated carbocycles. The third-order valence-electron chi connectivity index (χ3n) is 5.21. The van der Waals surface area contributed by atoms with Crippen molar-refractivity contribution < 1.29 is 35.5 Å². The summed E-state index contributed by atoms with van der Waals surface area (Å²) in [5.41, 5.74) is -1.13. The number of ether oxygens (including phenoxy) is 1. The summed E-state index contributed by atoms with van der Waals surface area (Å²) in [5, 5.41) is -0.107. The van der Waals surface area contributed by atoms with Gasteiger partial charge in [-0.1, -0.05) is 24.3 Å². The molecule has 1 nitrogen and oxygen atoms in total. The van der Waals surface area contributed by atoms with E-state index in [-0.39, 0.29) is 45.9 Å². The summed E-state index contributed by atoms with van der Waals surface area (Å²) in [7, 11) is 0. The van der Waals surface area contributed by atoms with Crippen molar-refractivity contribution in [2.45, 2.75) is 6.92 Å². The molecule has 0 radical (unpaired) electrons. The predicted molar refractivity (Wildman–Crippen MR) is 116 cm³/mol. The van der Waals surface area contributed by atoms with E-state index in [1.54, 1.807) is 6.92 Å². The summed E-state index contributed by atoms with van der Waals surface area (Å²) in [6.45, 7) is 1.87. The van der Waals surface area contributed by atoms with E-state index in [4.69, 9.17) is 4.74 Å². The van der Waals surface area contributed by atoms with Crippen molar-refractivity contribution in [3.8, 4) is 28.0 Å². The molecule has 0 fully saturated rings. The highest BCUT2D eigenvalue weighted by Crippen LogP contribution is 2.35. The highest BCUT2D eigenvalue weighted by molar-refractivity contribution is 5.90. The highest BCUT2D eigenvalue weighted by Gasteiger charge is 2.18. The lowest BCUT2D eigenvalue weighted by molar-refractivity contribution is 0.336. The Labute approximate surface area is 189 Å². The van der Waals surface area contributed by atoms with Gasteiger partial charge in [-0.3, -0.25) is 0 Å². The molecule has 174 valence electrons. The first-order valence-electron chi connectivity index (χ1n) is 10.1. The van der Waals surface area contributed by atoms with E-state index in [0.717, 1.165) is 24.3 Å². The Bertz CT molecular complexity index is 1420. The molecule has 34 heavy (non-hydrogen) atoms. The van der Waals surface area contributed by atoms with Crippen molar-refractivity contribution in [3.05, 3.63) is 95.3 Å². The van der Waals surface area contributed by atoms with Crippen molar-refractivity contribution >= 4 is 16.8 Å². The molecule has 0 bridgehead atoms. The fraction of sp³-hybridized carbons (Fsp3) is 0.0769. The fourth-order valence-corrected chi connectivity index (χ4v) is 3.74. The lowest BCUT2D eigenvalue weighted by Crippen LogP contribution is -1.97. The summed E-state index contributed by atoms with van der Waals surface area (Å²) in [6, 6.07) is 10.2. The van der Waals surface area contributed by atoms with Gasteiger partial charge in [0.05, 0.1) is 17.7 Å². The van der Waals surface area contributed by atoms with Gasteiger partial charge >= 0.3 is 0 Å². The second kappa shape index (κ2) is 9.21. The maximum Gasteiger partial charge on any atom is 0.271 e. The number of halogens is 7. The molecule has 4 aromatic rings. The van der Waals surface area contributed by atoms with Crippen LogP contribution in [-0.4, -0.2) is 6.61 Å². The van der Waals surface area contributed by atoms with Gasteiger partial charge in [0.25, 0.3) is 6.08 Å². The molecule has 0 unspecified atom stereocenters. The first-order chi connectivity index (χ1) is 16.2. The van der Waals surface area contributed by atoms with E-state index in [9.17, 15) is 30.7 Å². The third-order valence-corrected chi connectivity index (χ3v) is 5.21. The zero-order valence-electron chi connectivity index (χ0n) is 17.5. The quantitative estimate of drug-likeness (QED) is 0.263. The summed E-state index contributed by atoms with van der Waals surface area (Å²) in [5.74, 6) is -5.06. The molecule has 0 atom stereocenters. The van der Waals surface area contributed by atoms with Gasteiger partial charge in [-0.2, -0.15) is 8.78 Å². The van der Waals surface area contributed by atoms with Gasteiger partial charge in [0.2, 0.25) is 0 Å². The normalized spacial score (nSPS) is 11.1. The van der Waals surface area contributed by atoms with Crippen LogP contribution in [0.4, 0.5) is 30.7 Å². The molecule has 0 aliphatic heterocycles. The molecule has 0 aliphatic carbocycles. The van der Waals surface area contributed by atoms with Crippen LogP contribution in [0.25, 0.3) is 39.1 Å². The zero-order valence-corrected chi connectivity index (χ0v) is 17.5. The van der Waals surface area contributed by atoms with E-state index in [1.807, 2.05) is 0 Å². The topological polar surface area (TPSA) is 9.23 Å². The Hall–Kier alpha value is -3.81. The van der Waals surface area contributed by atoms with Crippen LogP contribution in [0.3, 0.4) is 0 Å². The molecule has 4 aromatic carbocycles. The van der Waals surface area contributed by atoms with Crippen LogP contribution in [0.15, 0.2) is 60.7 Å². The van der Waals surface area contributed by atoms with Crippen LogP contribution in [-0.2, 0) is 0 Å². The van der Waals surface area contributed by atoms with Gasteiger partial charge in [-0.25, -0.2) is 22.0 Å². The number of hydrogen-bond donors (Lipinski definition) is 0. The number of rotatable bonds is 5. The molecule has 0 aliphatic rings. The summed E-state index contributed by atoms with van der Waals surface area (Å²) >= 11 is 0. The van der Waals surface area contributed by atoms with Gasteiger partial charge in [0, 0.05) is 29.2 Å². The van der Waals surface area contributed by atoms with Gasteiger partial charge in [-0.05, 0) is 41.6 Å². The van der Waals surface area contributed by atoms with Crippen molar-refractivity contribution in [1.29, 1.82) is 0 Å². The van der Waals surface area contributed by atoms with E-state index in [2.05, 4.69) is 0 Å². The Kier molecular flexibility index (Phi) is 6.32. The first kappa shape index (κ1) is 23.4. The summed E-state index contributed by atoms with van der Waals surface area (Å²) < 4.78 is 103. The van der Waals surface area contributed by atoms with Crippen molar-refractivity contribution in [3.63, 3.8) is 0 Å².